The average Bonchev–Trinajstić information content (AvgIpc) is 2.01. The van der Waals surface area contributed by atoms with Crippen LogP contribution in [0.2, 0.25) is 0 Å². The predicted molar refractivity (Wildman–Crippen MR) is 47.5 cm³/mol. The van der Waals surface area contributed by atoms with E-state index in [2.05, 4.69) is 5.73 Å². The lowest BCUT2D eigenvalue weighted by molar-refractivity contribution is 1.14. The first-order chi connectivity index (χ1) is 4.41. The molecule has 0 aromatic rings. The molecule has 0 radical (unpaired) electrons. The van der Waals surface area contributed by atoms with Crippen molar-refractivity contribution >= 4 is 0 Å². The molecular formula is C7H24N2. The van der Waals surface area contributed by atoms with Gasteiger partial charge in [0.25, 0.3) is 0 Å². The summed E-state index contributed by atoms with van der Waals surface area (Å²) >= 11 is 0. The minimum Gasteiger partial charge on any atom is -0.333 e. The summed E-state index contributed by atoms with van der Waals surface area (Å²) in [6, 6.07) is 0. The SMILES string of the molecule is CC.CC.CCN.CN. The van der Waals surface area contributed by atoms with E-state index in [4.69, 9.17) is 5.73 Å². The predicted octanol–water partition coefficient (Wildman–Crippen LogP) is 1.59. The minimum atomic E-state index is 0.750. The highest BCUT2D eigenvalue weighted by atomic mass is 14.5. The number of rotatable bonds is 0. The molecular weight excluding hydrogens is 112 g/mol. The second-order valence-electron chi connectivity index (χ2n) is 0.408. The van der Waals surface area contributed by atoms with Gasteiger partial charge in [-0.25, -0.2) is 0 Å². The van der Waals surface area contributed by atoms with Gasteiger partial charge >= 0.3 is 0 Å². The smallest absolute Gasteiger partial charge is 0.0106 e. The molecule has 0 saturated carbocycles. The Morgan fingerprint density at radius 2 is 0.889 bits per heavy atom. The maximum Gasteiger partial charge on any atom is -0.0106 e. The first-order valence-corrected chi connectivity index (χ1v) is 3.69. The molecule has 2 heteroatoms. The summed E-state index contributed by atoms with van der Waals surface area (Å²) in [5, 5.41) is 0. The lowest BCUT2D eigenvalue weighted by Gasteiger charge is -1.53. The molecule has 0 aliphatic rings. The van der Waals surface area contributed by atoms with Crippen molar-refractivity contribution in [1.29, 1.82) is 0 Å². The van der Waals surface area contributed by atoms with Crippen molar-refractivity contribution in [3.8, 4) is 0 Å². The van der Waals surface area contributed by atoms with E-state index in [-0.39, 0.29) is 0 Å². The molecule has 0 amide bonds. The summed E-state index contributed by atoms with van der Waals surface area (Å²) in [7, 11) is 1.50. The van der Waals surface area contributed by atoms with Crippen molar-refractivity contribution < 1.29 is 0 Å². The maximum atomic E-state index is 4.85. The molecule has 0 aromatic heterocycles. The lowest BCUT2D eigenvalue weighted by atomic mass is 10.8. The topological polar surface area (TPSA) is 52.0 Å². The van der Waals surface area contributed by atoms with Gasteiger partial charge in [-0.15, -0.1) is 0 Å². The van der Waals surface area contributed by atoms with Crippen LogP contribution in [0.3, 0.4) is 0 Å². The van der Waals surface area contributed by atoms with Gasteiger partial charge in [-0.05, 0) is 13.6 Å². The van der Waals surface area contributed by atoms with Crippen LogP contribution in [-0.4, -0.2) is 13.6 Å². The molecule has 0 atom stereocenters. The van der Waals surface area contributed by atoms with Crippen molar-refractivity contribution in [2.45, 2.75) is 34.6 Å². The Bertz CT molecular complexity index is 6.88. The fraction of sp³-hybridized carbons (Fsp3) is 1.00. The zero-order valence-electron chi connectivity index (χ0n) is 7.86. The number of hydrogen-bond donors (Lipinski definition) is 2. The summed E-state index contributed by atoms with van der Waals surface area (Å²) in [6.07, 6.45) is 0. The Balaban J connectivity index is -0.0000000190. The van der Waals surface area contributed by atoms with Gasteiger partial charge in [-0.2, -0.15) is 0 Å². The largest absolute Gasteiger partial charge is 0.333 e. The molecule has 0 unspecified atom stereocenters. The van der Waals surface area contributed by atoms with Crippen molar-refractivity contribution in [1.82, 2.24) is 0 Å². The molecule has 0 aromatic carbocycles. The van der Waals surface area contributed by atoms with Crippen molar-refractivity contribution in [3.63, 3.8) is 0 Å². The first kappa shape index (κ1) is 23.1. The van der Waals surface area contributed by atoms with E-state index in [1.165, 1.54) is 7.05 Å². The van der Waals surface area contributed by atoms with Crippen LogP contribution in [0.4, 0.5) is 0 Å². The Hall–Kier alpha value is -0.0800. The van der Waals surface area contributed by atoms with E-state index >= 15 is 0 Å². The van der Waals surface area contributed by atoms with Crippen LogP contribution in [0.15, 0.2) is 0 Å². The van der Waals surface area contributed by atoms with E-state index < -0.39 is 0 Å². The van der Waals surface area contributed by atoms with Crippen LogP contribution in [0.1, 0.15) is 34.6 Å². The van der Waals surface area contributed by atoms with Gasteiger partial charge < -0.3 is 11.5 Å². The summed E-state index contributed by atoms with van der Waals surface area (Å²) < 4.78 is 0. The molecule has 0 heterocycles. The molecule has 0 saturated heterocycles. The highest BCUT2D eigenvalue weighted by Crippen LogP contribution is 1.20. The van der Waals surface area contributed by atoms with E-state index in [1.54, 1.807) is 0 Å². The molecule has 0 rings (SSSR count). The van der Waals surface area contributed by atoms with E-state index in [0.29, 0.717) is 0 Å². The molecule has 0 spiro atoms. The molecule has 0 aliphatic heterocycles. The average molecular weight is 136 g/mol. The van der Waals surface area contributed by atoms with Gasteiger partial charge in [-0.1, -0.05) is 34.6 Å². The van der Waals surface area contributed by atoms with E-state index in [0.717, 1.165) is 6.54 Å². The quantitative estimate of drug-likeness (QED) is 0.531. The molecule has 4 N–H and O–H groups in total. The van der Waals surface area contributed by atoms with Crippen LogP contribution >= 0.6 is 0 Å². The fourth-order valence-electron chi connectivity index (χ4n) is 0. The van der Waals surface area contributed by atoms with Gasteiger partial charge in [-0.3, -0.25) is 0 Å². The Labute approximate surface area is 60.6 Å². The van der Waals surface area contributed by atoms with Crippen LogP contribution in [0.25, 0.3) is 0 Å². The summed E-state index contributed by atoms with van der Waals surface area (Å²) in [5.41, 5.74) is 9.35. The van der Waals surface area contributed by atoms with Crippen LogP contribution in [0, 0.1) is 0 Å². The van der Waals surface area contributed by atoms with E-state index in [1.807, 2.05) is 34.6 Å². The molecule has 62 valence electrons. The lowest BCUT2D eigenvalue weighted by Crippen LogP contribution is -1.87. The molecule has 2 nitrogen and oxygen atoms in total. The van der Waals surface area contributed by atoms with Crippen molar-refractivity contribution in [3.05, 3.63) is 0 Å². The second kappa shape index (κ2) is 448. The first-order valence-electron chi connectivity index (χ1n) is 3.69. The Kier molecular flexibility index (Phi) is 1150. The van der Waals surface area contributed by atoms with Crippen molar-refractivity contribution in [2.75, 3.05) is 13.6 Å². The summed E-state index contributed by atoms with van der Waals surface area (Å²) in [5.74, 6) is 0. The molecule has 0 fully saturated rings. The third kappa shape index (κ3) is 43400. The van der Waals surface area contributed by atoms with Crippen LogP contribution in [0.5, 0.6) is 0 Å². The zero-order valence-corrected chi connectivity index (χ0v) is 7.86. The highest BCUT2D eigenvalue weighted by molar-refractivity contribution is 4.00. The fourth-order valence-corrected chi connectivity index (χ4v) is 0. The zero-order chi connectivity index (χ0) is 8.71. The second-order valence-corrected chi connectivity index (χ2v) is 0.408. The normalized spacial score (nSPS) is 4.00. The van der Waals surface area contributed by atoms with Crippen LogP contribution in [-0.2, 0) is 0 Å². The van der Waals surface area contributed by atoms with Gasteiger partial charge in [0.1, 0.15) is 0 Å². The highest BCUT2D eigenvalue weighted by Gasteiger charge is 1.32. The van der Waals surface area contributed by atoms with Crippen LogP contribution < -0.4 is 11.5 Å². The monoisotopic (exact) mass is 136 g/mol. The Morgan fingerprint density at radius 3 is 0.889 bits per heavy atom. The van der Waals surface area contributed by atoms with E-state index in [9.17, 15) is 0 Å². The summed E-state index contributed by atoms with van der Waals surface area (Å²) in [6.45, 7) is 10.7. The maximum absolute atomic E-state index is 4.85. The molecule has 0 bridgehead atoms. The van der Waals surface area contributed by atoms with Gasteiger partial charge in [0, 0.05) is 0 Å². The number of nitrogens with two attached hydrogens (primary N) is 2. The Morgan fingerprint density at radius 1 is 0.889 bits per heavy atom. The van der Waals surface area contributed by atoms with Gasteiger partial charge in [0.2, 0.25) is 0 Å². The summed E-state index contributed by atoms with van der Waals surface area (Å²) in [4.78, 5) is 0. The van der Waals surface area contributed by atoms with Gasteiger partial charge in [0.05, 0.1) is 0 Å². The standard InChI is InChI=1S/C2H7N.2C2H6.CH5N/c1-2-3;3*1-2/h2-3H2,1H3;2*1-2H3;2H2,1H3. The molecule has 9 heavy (non-hydrogen) atoms. The molecule has 0 aliphatic carbocycles. The minimum absolute atomic E-state index is 0.750. The third-order valence-electron chi connectivity index (χ3n) is 0. The number of hydrogen-bond acceptors (Lipinski definition) is 2. The van der Waals surface area contributed by atoms with Gasteiger partial charge in [0.15, 0.2) is 0 Å². The van der Waals surface area contributed by atoms with Crippen molar-refractivity contribution in [2.24, 2.45) is 11.5 Å². The third-order valence-corrected chi connectivity index (χ3v) is 0.